The average Bonchev–Trinajstić information content (AvgIpc) is 2.81. The third-order valence-electron chi connectivity index (χ3n) is 4.46. The summed E-state index contributed by atoms with van der Waals surface area (Å²) in [6, 6.07) is 8.05. The number of benzene rings is 1. The van der Waals surface area contributed by atoms with Gasteiger partial charge in [0.25, 0.3) is 0 Å². The van der Waals surface area contributed by atoms with Gasteiger partial charge in [0, 0.05) is 11.7 Å². The molecule has 1 atom stereocenters. The second-order valence-electron chi connectivity index (χ2n) is 5.81. The fraction of sp³-hybridized carbons (Fsp3) is 0.529. The van der Waals surface area contributed by atoms with Crippen molar-refractivity contribution in [2.45, 2.75) is 38.1 Å². The van der Waals surface area contributed by atoms with E-state index in [4.69, 9.17) is 4.74 Å². The molecule has 5 heteroatoms. The van der Waals surface area contributed by atoms with Crippen molar-refractivity contribution in [2.24, 2.45) is 0 Å². The van der Waals surface area contributed by atoms with Gasteiger partial charge in [0.05, 0.1) is 18.9 Å². The third-order valence-corrected chi connectivity index (χ3v) is 4.46. The highest BCUT2D eigenvalue weighted by atomic mass is 16.5. The van der Waals surface area contributed by atoms with E-state index in [1.54, 1.807) is 6.92 Å². The highest BCUT2D eigenvalue weighted by Gasteiger charge is 2.41. The predicted molar refractivity (Wildman–Crippen MR) is 83.8 cm³/mol. The van der Waals surface area contributed by atoms with Crippen LogP contribution in [0.3, 0.4) is 0 Å². The third kappa shape index (κ3) is 2.73. The van der Waals surface area contributed by atoms with E-state index in [0.29, 0.717) is 6.61 Å². The molecule has 1 aromatic rings. The van der Waals surface area contributed by atoms with Crippen LogP contribution in [0.5, 0.6) is 0 Å². The molecule has 0 aromatic heterocycles. The number of rotatable bonds is 4. The van der Waals surface area contributed by atoms with Crippen LogP contribution in [0.4, 0.5) is 5.69 Å². The average molecular weight is 302 g/mol. The highest BCUT2D eigenvalue weighted by molar-refractivity contribution is 6.06. The van der Waals surface area contributed by atoms with Gasteiger partial charge < -0.3 is 15.0 Å². The zero-order valence-electron chi connectivity index (χ0n) is 12.9. The Bertz CT molecular complexity index is 567. The summed E-state index contributed by atoms with van der Waals surface area (Å²) in [5.74, 6) is -0.658. The Morgan fingerprint density at radius 3 is 2.77 bits per heavy atom. The number of hydrogen-bond acceptors (Lipinski definition) is 4. The molecule has 1 saturated heterocycles. The van der Waals surface area contributed by atoms with Gasteiger partial charge in [-0.15, -0.1) is 0 Å². The standard InChI is InChI=1S/C17H22N2O3/c1-2-22-16(20)11-14-13-5-3-4-6-15(13)19(17(14)21)12-7-9-18-10-8-12/h3-6,12,14,18H,2,7-11H2,1H3. The van der Waals surface area contributed by atoms with Gasteiger partial charge in [-0.05, 0) is 44.5 Å². The highest BCUT2D eigenvalue weighted by Crippen LogP contribution is 2.41. The number of nitrogens with zero attached hydrogens (tertiary/aromatic N) is 1. The number of ether oxygens (including phenoxy) is 1. The first kappa shape index (κ1) is 15.0. The zero-order valence-corrected chi connectivity index (χ0v) is 12.9. The SMILES string of the molecule is CCOC(=O)CC1C(=O)N(C2CCNCC2)c2ccccc21. The van der Waals surface area contributed by atoms with Crippen LogP contribution in [0.15, 0.2) is 24.3 Å². The Hall–Kier alpha value is -1.88. The van der Waals surface area contributed by atoms with Crippen molar-refractivity contribution in [3.05, 3.63) is 29.8 Å². The number of carbonyl (C=O) groups is 2. The Morgan fingerprint density at radius 2 is 2.05 bits per heavy atom. The molecule has 2 aliphatic heterocycles. The maximum atomic E-state index is 12.9. The van der Waals surface area contributed by atoms with Gasteiger partial charge in [-0.1, -0.05) is 18.2 Å². The molecule has 118 valence electrons. The van der Waals surface area contributed by atoms with Gasteiger partial charge >= 0.3 is 5.97 Å². The van der Waals surface area contributed by atoms with Gasteiger partial charge in [-0.2, -0.15) is 0 Å². The molecule has 1 amide bonds. The Labute approximate surface area is 130 Å². The van der Waals surface area contributed by atoms with E-state index in [9.17, 15) is 9.59 Å². The molecule has 1 aromatic carbocycles. The molecule has 2 heterocycles. The van der Waals surface area contributed by atoms with Crippen molar-refractivity contribution in [3.8, 4) is 0 Å². The number of anilines is 1. The van der Waals surface area contributed by atoms with E-state index in [0.717, 1.165) is 37.2 Å². The van der Waals surface area contributed by atoms with Crippen LogP contribution < -0.4 is 10.2 Å². The summed E-state index contributed by atoms with van der Waals surface area (Å²) in [7, 11) is 0. The van der Waals surface area contributed by atoms with Crippen molar-refractivity contribution >= 4 is 17.6 Å². The first-order valence-corrected chi connectivity index (χ1v) is 8.00. The number of hydrogen-bond donors (Lipinski definition) is 1. The molecule has 0 aliphatic carbocycles. The van der Waals surface area contributed by atoms with Gasteiger partial charge in [0.2, 0.25) is 5.91 Å². The summed E-state index contributed by atoms with van der Waals surface area (Å²) < 4.78 is 5.03. The second kappa shape index (κ2) is 6.48. The summed E-state index contributed by atoms with van der Waals surface area (Å²) in [5, 5.41) is 3.33. The number of nitrogens with one attached hydrogen (secondary N) is 1. The van der Waals surface area contributed by atoms with Crippen LogP contribution in [0, 0.1) is 0 Å². The van der Waals surface area contributed by atoms with E-state index < -0.39 is 5.92 Å². The molecular weight excluding hydrogens is 280 g/mol. The minimum absolute atomic E-state index is 0.0427. The molecule has 0 spiro atoms. The van der Waals surface area contributed by atoms with Crippen LogP contribution in [0.2, 0.25) is 0 Å². The van der Waals surface area contributed by atoms with Crippen molar-refractivity contribution in [3.63, 3.8) is 0 Å². The molecular formula is C17H22N2O3. The lowest BCUT2D eigenvalue weighted by Crippen LogP contribution is -2.45. The molecule has 1 N–H and O–H groups in total. The monoisotopic (exact) mass is 302 g/mol. The molecule has 1 unspecified atom stereocenters. The summed E-state index contributed by atoms with van der Waals surface area (Å²) >= 11 is 0. The smallest absolute Gasteiger partial charge is 0.306 e. The largest absolute Gasteiger partial charge is 0.466 e. The molecule has 2 aliphatic rings. The van der Waals surface area contributed by atoms with E-state index >= 15 is 0 Å². The van der Waals surface area contributed by atoms with Crippen LogP contribution >= 0.6 is 0 Å². The lowest BCUT2D eigenvalue weighted by molar-refractivity contribution is -0.144. The lowest BCUT2D eigenvalue weighted by Gasteiger charge is -2.32. The van der Waals surface area contributed by atoms with Gasteiger partial charge in [0.1, 0.15) is 0 Å². The molecule has 5 nitrogen and oxygen atoms in total. The zero-order chi connectivity index (χ0) is 15.5. The minimum atomic E-state index is -0.398. The first-order valence-electron chi connectivity index (χ1n) is 8.00. The molecule has 1 fully saturated rings. The summed E-state index contributed by atoms with van der Waals surface area (Å²) in [6.07, 6.45) is 2.03. The maximum Gasteiger partial charge on any atom is 0.306 e. The van der Waals surface area contributed by atoms with E-state index in [2.05, 4.69) is 5.32 Å². The van der Waals surface area contributed by atoms with Gasteiger partial charge in [-0.3, -0.25) is 9.59 Å². The Balaban J connectivity index is 1.87. The summed E-state index contributed by atoms with van der Waals surface area (Å²) in [6.45, 7) is 3.99. The minimum Gasteiger partial charge on any atom is -0.466 e. The molecule has 0 saturated carbocycles. The van der Waals surface area contributed by atoms with Crippen molar-refractivity contribution in [2.75, 3.05) is 24.6 Å². The van der Waals surface area contributed by atoms with Crippen LogP contribution in [-0.4, -0.2) is 37.6 Å². The second-order valence-corrected chi connectivity index (χ2v) is 5.81. The Kier molecular flexibility index (Phi) is 4.43. The molecule has 0 bridgehead atoms. The van der Waals surface area contributed by atoms with Crippen molar-refractivity contribution in [1.29, 1.82) is 0 Å². The van der Waals surface area contributed by atoms with Crippen LogP contribution in [-0.2, 0) is 14.3 Å². The van der Waals surface area contributed by atoms with E-state index in [-0.39, 0.29) is 24.3 Å². The fourth-order valence-corrected chi connectivity index (χ4v) is 3.45. The van der Waals surface area contributed by atoms with Crippen LogP contribution in [0.25, 0.3) is 0 Å². The normalized spacial score (nSPS) is 21.8. The molecule has 22 heavy (non-hydrogen) atoms. The number of fused-ring (bicyclic) bond motifs is 1. The molecule has 3 rings (SSSR count). The van der Waals surface area contributed by atoms with Crippen molar-refractivity contribution < 1.29 is 14.3 Å². The summed E-state index contributed by atoms with van der Waals surface area (Å²) in [4.78, 5) is 26.7. The first-order chi connectivity index (χ1) is 10.7. The van der Waals surface area contributed by atoms with E-state index in [1.165, 1.54) is 0 Å². The predicted octanol–water partition coefficient (Wildman–Crippen LogP) is 1.82. The van der Waals surface area contributed by atoms with Crippen molar-refractivity contribution in [1.82, 2.24) is 5.32 Å². The number of piperidine rings is 1. The van der Waals surface area contributed by atoms with Gasteiger partial charge in [-0.25, -0.2) is 0 Å². The quantitative estimate of drug-likeness (QED) is 0.862. The maximum absolute atomic E-state index is 12.9. The Morgan fingerprint density at radius 1 is 1.32 bits per heavy atom. The lowest BCUT2D eigenvalue weighted by atomic mass is 9.97. The number of esters is 1. The summed E-state index contributed by atoms with van der Waals surface area (Å²) in [5.41, 5.74) is 1.92. The van der Waals surface area contributed by atoms with Gasteiger partial charge in [0.15, 0.2) is 0 Å². The topological polar surface area (TPSA) is 58.6 Å². The number of amides is 1. The number of para-hydroxylation sites is 1. The molecule has 0 radical (unpaired) electrons. The number of carbonyl (C=O) groups excluding carboxylic acids is 2. The van der Waals surface area contributed by atoms with Crippen LogP contribution in [0.1, 0.15) is 37.7 Å². The fourth-order valence-electron chi connectivity index (χ4n) is 3.45. The van der Waals surface area contributed by atoms with E-state index in [1.807, 2.05) is 29.2 Å².